The number of anilines is 12. The first kappa shape index (κ1) is 70.6. The summed E-state index contributed by atoms with van der Waals surface area (Å²) >= 11 is 0. The minimum absolute atomic E-state index is 1.16. The van der Waals surface area contributed by atoms with Crippen LogP contribution in [0.25, 0.3) is 86.2 Å². The van der Waals surface area contributed by atoms with Crippen molar-refractivity contribution in [2.24, 2.45) is 0 Å². The molecule has 0 bridgehead atoms. The molecule has 0 amide bonds. The fourth-order valence-corrected chi connectivity index (χ4v) is 15.6. The van der Waals surface area contributed by atoms with Gasteiger partial charge in [-0.1, -0.05) is 308 Å². The molecule has 0 fully saturated rings. The Morgan fingerprint density at radius 2 is 0.384 bits per heavy atom. The molecule has 0 radical (unpaired) electrons. The number of fused-ring (bicyclic) bond motifs is 12. The van der Waals surface area contributed by atoms with Crippen LogP contribution in [0.3, 0.4) is 0 Å². The average Bonchev–Trinajstić information content (AvgIpc) is 0.783. The predicted octanol–water partition coefficient (Wildman–Crippen LogP) is 31.1. The van der Waals surface area contributed by atoms with Crippen LogP contribution >= 0.6 is 0 Å². The van der Waals surface area contributed by atoms with E-state index in [-0.39, 0.29) is 0 Å². The highest BCUT2D eigenvalue weighted by molar-refractivity contribution is 6.12. The maximum Gasteiger partial charge on any atom is 0.0490 e. The minimum atomic E-state index is 1.16. The van der Waals surface area contributed by atoms with E-state index in [1.807, 2.05) is 0 Å². The van der Waals surface area contributed by atoms with E-state index in [0.717, 1.165) is 39.8 Å². The van der Waals surface area contributed by atoms with Gasteiger partial charge in [-0.3, -0.25) is 0 Å². The summed E-state index contributed by atoms with van der Waals surface area (Å²) in [5, 5.41) is 20.5. The Bertz CT molecular complexity index is 6680. The van der Waals surface area contributed by atoms with Gasteiger partial charge in [0.15, 0.2) is 0 Å². The van der Waals surface area contributed by atoms with Gasteiger partial charge < -0.3 is 19.6 Å². The SMILES string of the molecule is Cc1ccc(N(c2ccccc2)c2ccc3c(ccc4ccccc43)c2)cc1.Cc1ccc(N(c2ccccc2)c2ccc3ccc4ccccc4c3c2)cc1.Cc1cccc(N(c2ccccc2)c2ccc3c(ccc4ccccc43)c2)c1.Cc1ccccc1N(c1ccccc1)c1ccc2c(ccc3ccccc32)c1. The average molecular weight is 1440 g/mol. The van der Waals surface area contributed by atoms with E-state index >= 15 is 0 Å². The summed E-state index contributed by atoms with van der Waals surface area (Å²) < 4.78 is 0. The standard InChI is InChI=1S/4C27H21N/c1-20-9-5-8-14-27(20)28(23-11-3-2-4-12-23)24-17-18-26-22(19-24)16-15-21-10-6-7-13-25(21)26;1-20-8-7-12-24(18-20)28(23-10-3-2-4-11-23)25-16-17-27-22(19-25)15-14-21-9-5-6-13-26(21)27;1-20-11-16-24(17-12-20)28(23-8-3-2-4-9-23)25-18-15-22-14-13-21-7-5-6-10-26(21)27(22)19-25;1-20-11-15-24(16-12-20)28(23-8-3-2-4-9-23)25-17-18-27-22(19-25)14-13-21-7-5-6-10-26(21)27/h4*2-19H,1H3. The molecule has 0 aliphatic carbocycles. The monoisotopic (exact) mass is 1440 g/mol. The molecule has 0 saturated carbocycles. The summed E-state index contributed by atoms with van der Waals surface area (Å²) in [6.07, 6.45) is 0. The van der Waals surface area contributed by atoms with Crippen molar-refractivity contribution in [3.63, 3.8) is 0 Å². The summed E-state index contributed by atoms with van der Waals surface area (Å²) in [6, 6.07) is 156. The minimum Gasteiger partial charge on any atom is -0.310 e. The molecule has 0 spiro atoms. The number of hydrogen-bond donors (Lipinski definition) is 0. The first-order valence-corrected chi connectivity index (χ1v) is 38.5. The van der Waals surface area contributed by atoms with Gasteiger partial charge in [-0.05, 0) is 265 Å². The van der Waals surface area contributed by atoms with Crippen LogP contribution in [0.5, 0.6) is 0 Å². The first-order chi connectivity index (χ1) is 55.2. The van der Waals surface area contributed by atoms with E-state index < -0.39 is 0 Å². The van der Waals surface area contributed by atoms with Crippen LogP contribution in [0.1, 0.15) is 22.3 Å². The highest BCUT2D eigenvalue weighted by Gasteiger charge is 2.19. The summed E-state index contributed by atoms with van der Waals surface area (Å²) in [7, 11) is 0. The van der Waals surface area contributed by atoms with Crippen LogP contribution in [0.2, 0.25) is 0 Å². The van der Waals surface area contributed by atoms with Gasteiger partial charge in [-0.2, -0.15) is 0 Å². The lowest BCUT2D eigenvalue weighted by atomic mass is 10.0. The second kappa shape index (κ2) is 32.2. The second-order valence-electron chi connectivity index (χ2n) is 28.7. The Morgan fingerprint density at radius 1 is 0.134 bits per heavy atom. The summed E-state index contributed by atoms with van der Waals surface area (Å²) in [4.78, 5) is 9.29. The Morgan fingerprint density at radius 3 is 0.777 bits per heavy atom. The normalized spacial score (nSPS) is 11.0. The highest BCUT2D eigenvalue weighted by Crippen LogP contribution is 2.43. The first-order valence-electron chi connectivity index (χ1n) is 38.5. The third-order valence-corrected chi connectivity index (χ3v) is 21.2. The van der Waals surface area contributed by atoms with Crippen molar-refractivity contribution in [1.29, 1.82) is 0 Å². The van der Waals surface area contributed by atoms with Gasteiger partial charge in [0.1, 0.15) is 0 Å². The van der Waals surface area contributed by atoms with Gasteiger partial charge in [0.05, 0.1) is 0 Å². The van der Waals surface area contributed by atoms with Crippen molar-refractivity contribution in [2.45, 2.75) is 27.7 Å². The third-order valence-electron chi connectivity index (χ3n) is 21.2. The molecule has 20 aromatic carbocycles. The predicted molar refractivity (Wildman–Crippen MR) is 483 cm³/mol. The molecule has 0 N–H and O–H groups in total. The Kier molecular flexibility index (Phi) is 20.3. The Hall–Kier alpha value is -14.3. The molecule has 4 nitrogen and oxygen atoms in total. The molecule has 0 atom stereocenters. The third kappa shape index (κ3) is 15.1. The zero-order chi connectivity index (χ0) is 75.7. The van der Waals surface area contributed by atoms with Crippen molar-refractivity contribution < 1.29 is 0 Å². The summed E-state index contributed by atoms with van der Waals surface area (Å²) in [5.41, 5.74) is 19.0. The zero-order valence-corrected chi connectivity index (χ0v) is 63.4. The second-order valence-corrected chi connectivity index (χ2v) is 28.7. The molecular weight excluding hydrogens is 1350 g/mol. The number of para-hydroxylation sites is 5. The van der Waals surface area contributed by atoms with Gasteiger partial charge in [0.25, 0.3) is 0 Å². The molecule has 0 heterocycles. The van der Waals surface area contributed by atoms with E-state index in [2.05, 4.69) is 484 Å². The number of rotatable bonds is 12. The van der Waals surface area contributed by atoms with Crippen molar-refractivity contribution in [2.75, 3.05) is 19.6 Å². The molecular formula is C108H84N4. The number of hydrogen-bond acceptors (Lipinski definition) is 4. The van der Waals surface area contributed by atoms with Gasteiger partial charge in [0, 0.05) is 68.2 Å². The van der Waals surface area contributed by atoms with Crippen LogP contribution < -0.4 is 19.6 Å². The molecule has 0 aliphatic heterocycles. The van der Waals surface area contributed by atoms with Crippen LogP contribution in [0.15, 0.2) is 437 Å². The maximum absolute atomic E-state index is 2.34. The molecule has 4 heteroatoms. The van der Waals surface area contributed by atoms with Gasteiger partial charge in [-0.15, -0.1) is 0 Å². The van der Waals surface area contributed by atoms with Gasteiger partial charge in [0.2, 0.25) is 0 Å². The maximum atomic E-state index is 2.34. The molecule has 536 valence electrons. The molecule has 20 aromatic rings. The largest absolute Gasteiger partial charge is 0.310 e. The lowest BCUT2D eigenvalue weighted by Crippen LogP contribution is -2.11. The van der Waals surface area contributed by atoms with Crippen LogP contribution in [0.4, 0.5) is 68.2 Å². The molecule has 20 rings (SSSR count). The highest BCUT2D eigenvalue weighted by atomic mass is 15.2. The summed E-state index contributed by atoms with van der Waals surface area (Å²) in [5.74, 6) is 0. The molecule has 0 unspecified atom stereocenters. The molecule has 0 saturated heterocycles. The lowest BCUT2D eigenvalue weighted by Gasteiger charge is -2.27. The summed E-state index contributed by atoms with van der Waals surface area (Å²) in [6.45, 7) is 8.55. The molecule has 0 aliphatic rings. The van der Waals surface area contributed by atoms with Gasteiger partial charge >= 0.3 is 0 Å². The van der Waals surface area contributed by atoms with Crippen molar-refractivity contribution in [3.8, 4) is 0 Å². The Balaban J connectivity index is 0.000000108. The smallest absolute Gasteiger partial charge is 0.0490 e. The van der Waals surface area contributed by atoms with E-state index in [0.29, 0.717) is 0 Å². The Labute approximate surface area is 656 Å². The van der Waals surface area contributed by atoms with Crippen LogP contribution in [-0.4, -0.2) is 0 Å². The van der Waals surface area contributed by atoms with Crippen molar-refractivity contribution >= 4 is 154 Å². The van der Waals surface area contributed by atoms with E-state index in [4.69, 9.17) is 0 Å². The number of aryl methyl sites for hydroxylation is 4. The number of nitrogens with zero attached hydrogens (tertiary/aromatic N) is 4. The van der Waals surface area contributed by atoms with Crippen LogP contribution in [-0.2, 0) is 0 Å². The van der Waals surface area contributed by atoms with E-state index in [1.165, 1.54) is 137 Å². The van der Waals surface area contributed by atoms with Gasteiger partial charge in [-0.25, -0.2) is 0 Å². The van der Waals surface area contributed by atoms with Crippen molar-refractivity contribution in [3.05, 3.63) is 459 Å². The lowest BCUT2D eigenvalue weighted by molar-refractivity contribution is 1.25. The molecule has 112 heavy (non-hydrogen) atoms. The zero-order valence-electron chi connectivity index (χ0n) is 63.4. The molecule has 0 aromatic heterocycles. The fourth-order valence-electron chi connectivity index (χ4n) is 15.6. The van der Waals surface area contributed by atoms with E-state index in [1.54, 1.807) is 0 Å². The fraction of sp³-hybridized carbons (Fsp3) is 0.0370. The van der Waals surface area contributed by atoms with Crippen molar-refractivity contribution in [1.82, 2.24) is 0 Å². The van der Waals surface area contributed by atoms with Crippen LogP contribution in [0, 0.1) is 27.7 Å². The topological polar surface area (TPSA) is 13.0 Å². The van der Waals surface area contributed by atoms with E-state index in [9.17, 15) is 0 Å². The quantitative estimate of drug-likeness (QED) is 0.113. The number of benzene rings is 20.